The zero-order valence-electron chi connectivity index (χ0n) is 34.3. The van der Waals surface area contributed by atoms with Crippen LogP contribution in [-0.4, -0.2) is 0 Å². The number of rotatable bonds is 9. The normalized spacial score (nSPS) is 12.3. The van der Waals surface area contributed by atoms with E-state index >= 15 is 0 Å². The Balaban J connectivity index is 1.15. The van der Waals surface area contributed by atoms with E-state index in [1.54, 1.807) is 0 Å². The molecule has 10 aromatic rings. The molecule has 0 fully saturated rings. The fourth-order valence-corrected chi connectivity index (χ4v) is 9.84. The fraction of sp³-hybridized carbons (Fsp3) is 0.0164. The van der Waals surface area contributed by atoms with Crippen molar-refractivity contribution in [3.05, 3.63) is 283 Å². The second-order valence-electron chi connectivity index (χ2n) is 16.0. The highest BCUT2D eigenvalue weighted by Crippen LogP contribution is 2.57. The molecule has 0 aliphatic heterocycles. The quantitative estimate of drug-likeness (QED) is 0.141. The van der Waals surface area contributed by atoms with Gasteiger partial charge in [-0.15, -0.1) is 0 Å². The van der Waals surface area contributed by atoms with Crippen molar-refractivity contribution >= 4 is 17.1 Å². The maximum Gasteiger partial charge on any atom is 0.0714 e. The summed E-state index contributed by atoms with van der Waals surface area (Å²) in [7, 11) is 0. The molecule has 0 unspecified atom stereocenters. The summed E-state index contributed by atoms with van der Waals surface area (Å²) < 4.78 is 0. The third kappa shape index (κ3) is 6.35. The van der Waals surface area contributed by atoms with Crippen molar-refractivity contribution in [1.82, 2.24) is 0 Å². The molecule has 292 valence electrons. The summed E-state index contributed by atoms with van der Waals surface area (Å²) in [6, 6.07) is 95.3. The van der Waals surface area contributed by atoms with E-state index in [1.807, 2.05) is 0 Å². The Morgan fingerprint density at radius 3 is 1.26 bits per heavy atom. The molecule has 0 aromatic heterocycles. The number of benzene rings is 10. The summed E-state index contributed by atoms with van der Waals surface area (Å²) in [5.74, 6) is 0. The second-order valence-corrected chi connectivity index (χ2v) is 16.0. The lowest BCUT2D eigenvalue weighted by Crippen LogP contribution is -2.28. The number of hydrogen-bond donors (Lipinski definition) is 0. The van der Waals surface area contributed by atoms with Crippen LogP contribution >= 0.6 is 0 Å². The van der Waals surface area contributed by atoms with Crippen LogP contribution in [0.2, 0.25) is 0 Å². The first-order chi connectivity index (χ1) is 30.8. The molecule has 0 atom stereocenters. The van der Waals surface area contributed by atoms with E-state index in [9.17, 15) is 0 Å². The highest BCUT2D eigenvalue weighted by Gasteiger charge is 2.46. The van der Waals surface area contributed by atoms with Crippen LogP contribution in [0.5, 0.6) is 0 Å². The molecule has 10 aromatic carbocycles. The highest BCUT2D eigenvalue weighted by atomic mass is 15.1. The van der Waals surface area contributed by atoms with Crippen LogP contribution in [0, 0.1) is 0 Å². The molecule has 0 amide bonds. The van der Waals surface area contributed by atoms with Crippen molar-refractivity contribution in [2.45, 2.75) is 5.41 Å². The van der Waals surface area contributed by atoms with Gasteiger partial charge in [0.15, 0.2) is 0 Å². The maximum atomic E-state index is 2.45. The highest BCUT2D eigenvalue weighted by molar-refractivity contribution is 5.99. The maximum absolute atomic E-state index is 2.45. The van der Waals surface area contributed by atoms with E-state index in [1.165, 1.54) is 72.3 Å². The van der Waals surface area contributed by atoms with Crippen molar-refractivity contribution < 1.29 is 0 Å². The third-order valence-corrected chi connectivity index (χ3v) is 12.5. The number of nitrogens with zero attached hydrogens (tertiary/aromatic N) is 1. The van der Waals surface area contributed by atoms with Gasteiger partial charge in [0.2, 0.25) is 0 Å². The predicted octanol–water partition coefficient (Wildman–Crippen LogP) is 16.2. The Kier molecular flexibility index (Phi) is 9.48. The van der Waals surface area contributed by atoms with Crippen LogP contribution in [0.15, 0.2) is 261 Å². The molecule has 1 heteroatoms. The van der Waals surface area contributed by atoms with E-state index in [-0.39, 0.29) is 0 Å². The zero-order valence-corrected chi connectivity index (χ0v) is 34.3. The molecule has 1 aliphatic rings. The Labute approximate surface area is 364 Å². The van der Waals surface area contributed by atoms with Crippen LogP contribution in [0.3, 0.4) is 0 Å². The Bertz CT molecular complexity index is 3040. The van der Waals surface area contributed by atoms with Gasteiger partial charge in [-0.25, -0.2) is 0 Å². The summed E-state index contributed by atoms with van der Waals surface area (Å²) in [4.78, 5) is 2.43. The van der Waals surface area contributed by atoms with E-state index in [2.05, 4.69) is 266 Å². The van der Waals surface area contributed by atoms with Crippen LogP contribution in [0.25, 0.3) is 55.6 Å². The van der Waals surface area contributed by atoms with Crippen LogP contribution in [0.4, 0.5) is 17.1 Å². The van der Waals surface area contributed by atoms with Gasteiger partial charge in [-0.2, -0.15) is 0 Å². The molecule has 62 heavy (non-hydrogen) atoms. The van der Waals surface area contributed by atoms with Gasteiger partial charge >= 0.3 is 0 Å². The molecule has 0 bridgehead atoms. The Morgan fingerprint density at radius 2 is 0.677 bits per heavy atom. The van der Waals surface area contributed by atoms with Crippen molar-refractivity contribution in [2.24, 2.45) is 0 Å². The minimum atomic E-state index is -0.510. The van der Waals surface area contributed by atoms with Crippen LogP contribution in [-0.2, 0) is 5.41 Å². The van der Waals surface area contributed by atoms with Gasteiger partial charge in [0.1, 0.15) is 0 Å². The first-order valence-corrected chi connectivity index (χ1v) is 21.4. The largest absolute Gasteiger partial charge is 0.310 e. The monoisotopic (exact) mass is 789 g/mol. The Hall–Kier alpha value is -8.00. The van der Waals surface area contributed by atoms with Crippen molar-refractivity contribution in [3.63, 3.8) is 0 Å². The molecular weight excluding hydrogens is 747 g/mol. The van der Waals surface area contributed by atoms with Gasteiger partial charge in [-0.3, -0.25) is 0 Å². The van der Waals surface area contributed by atoms with E-state index in [0.29, 0.717) is 0 Å². The van der Waals surface area contributed by atoms with Crippen molar-refractivity contribution in [3.8, 4) is 55.6 Å². The summed E-state index contributed by atoms with van der Waals surface area (Å²) in [6.07, 6.45) is 0. The van der Waals surface area contributed by atoms with Gasteiger partial charge < -0.3 is 4.90 Å². The van der Waals surface area contributed by atoms with Crippen LogP contribution in [0.1, 0.15) is 22.3 Å². The first-order valence-electron chi connectivity index (χ1n) is 21.4. The van der Waals surface area contributed by atoms with Crippen molar-refractivity contribution in [1.29, 1.82) is 0 Å². The average molecular weight is 790 g/mol. The molecular formula is C61H43N. The standard InChI is InChI=1S/C61H43N/c1-7-22-44(23-8-1)48-41-56(45-24-9-2-10-25-45)60(57(42-48)46-26-11-3-12-27-46)47-28-21-35-52(40-47)62(51-33-17-6-18-34-51)53-38-39-55-54-36-19-20-37-58(54)61(59(55)43-53,49-29-13-4-14-30-49)50-31-15-5-16-32-50/h1-43H. The van der Waals surface area contributed by atoms with Gasteiger partial charge in [-0.1, -0.05) is 212 Å². The van der Waals surface area contributed by atoms with E-state index < -0.39 is 5.41 Å². The molecule has 11 rings (SSSR count). The number of anilines is 3. The molecule has 0 saturated carbocycles. The number of para-hydroxylation sites is 1. The summed E-state index contributed by atoms with van der Waals surface area (Å²) in [5.41, 5.74) is 19.9. The number of fused-ring (bicyclic) bond motifs is 3. The molecule has 0 spiro atoms. The van der Waals surface area contributed by atoms with Gasteiger partial charge in [0, 0.05) is 17.1 Å². The summed E-state index contributed by atoms with van der Waals surface area (Å²) in [6.45, 7) is 0. The molecule has 0 N–H and O–H groups in total. The van der Waals surface area contributed by atoms with Gasteiger partial charge in [0.05, 0.1) is 5.41 Å². The van der Waals surface area contributed by atoms with Crippen molar-refractivity contribution in [2.75, 3.05) is 4.90 Å². The number of hydrogen-bond acceptors (Lipinski definition) is 1. The lowest BCUT2D eigenvalue weighted by atomic mass is 9.67. The van der Waals surface area contributed by atoms with E-state index in [4.69, 9.17) is 0 Å². The van der Waals surface area contributed by atoms with Gasteiger partial charge in [0.25, 0.3) is 0 Å². The zero-order chi connectivity index (χ0) is 41.3. The lowest BCUT2D eigenvalue weighted by molar-refractivity contribution is 0.768. The van der Waals surface area contributed by atoms with E-state index in [0.717, 1.165) is 22.6 Å². The Morgan fingerprint density at radius 1 is 0.242 bits per heavy atom. The lowest BCUT2D eigenvalue weighted by Gasteiger charge is -2.35. The molecule has 0 saturated heterocycles. The predicted molar refractivity (Wildman–Crippen MR) is 260 cm³/mol. The molecule has 0 heterocycles. The minimum Gasteiger partial charge on any atom is -0.310 e. The second kappa shape index (κ2) is 15.9. The van der Waals surface area contributed by atoms with Gasteiger partial charge in [-0.05, 0) is 126 Å². The SMILES string of the molecule is c1ccc(-c2cc(-c3ccccc3)c(-c3cccc(N(c4ccccc4)c4ccc5c(c4)C(c4ccccc4)(c4ccccc4)c4ccccc4-5)c3)c(-c3ccccc3)c2)cc1. The fourth-order valence-electron chi connectivity index (χ4n) is 9.84. The van der Waals surface area contributed by atoms with Crippen LogP contribution < -0.4 is 4.90 Å². The topological polar surface area (TPSA) is 3.24 Å². The minimum absolute atomic E-state index is 0.510. The third-order valence-electron chi connectivity index (χ3n) is 12.5. The smallest absolute Gasteiger partial charge is 0.0714 e. The molecule has 1 nitrogen and oxygen atoms in total. The average Bonchev–Trinajstić information content (AvgIpc) is 3.66. The molecule has 1 aliphatic carbocycles. The summed E-state index contributed by atoms with van der Waals surface area (Å²) >= 11 is 0. The first kappa shape index (κ1) is 37.0. The molecule has 0 radical (unpaired) electrons. The summed E-state index contributed by atoms with van der Waals surface area (Å²) in [5, 5.41) is 0.